The van der Waals surface area contributed by atoms with Gasteiger partial charge in [-0.3, -0.25) is 9.59 Å². The van der Waals surface area contributed by atoms with E-state index in [0.29, 0.717) is 24.0 Å². The second kappa shape index (κ2) is 6.54. The molecule has 3 rings (SSSR count). The van der Waals surface area contributed by atoms with E-state index in [4.69, 9.17) is 4.74 Å². The van der Waals surface area contributed by atoms with Gasteiger partial charge in [-0.05, 0) is 77.5 Å². The predicted octanol–water partition coefficient (Wildman–Crippen LogP) is 4.52. The van der Waals surface area contributed by atoms with Crippen molar-refractivity contribution in [2.45, 2.75) is 46.5 Å². The first-order valence-corrected chi connectivity index (χ1v) is 9.49. The molecule has 0 aromatic rings. The minimum Gasteiger partial charge on any atom is -0.493 e. The Labute approximate surface area is 151 Å². The van der Waals surface area contributed by atoms with E-state index in [2.05, 4.69) is 42.5 Å². The van der Waals surface area contributed by atoms with Gasteiger partial charge in [-0.25, -0.2) is 0 Å². The highest BCUT2D eigenvalue weighted by molar-refractivity contribution is 14.1. The highest BCUT2D eigenvalue weighted by atomic mass is 127. The molecule has 124 valence electrons. The molecular weight excluding hydrogens is 403 g/mol. The van der Waals surface area contributed by atoms with Crippen LogP contribution in [0.15, 0.2) is 32.1 Å². The second-order valence-corrected chi connectivity index (χ2v) is 8.67. The fraction of sp³-hybridized carbons (Fsp3) is 0.579. The van der Waals surface area contributed by atoms with Crippen molar-refractivity contribution in [3.05, 3.63) is 32.1 Å². The smallest absolute Gasteiger partial charge is 0.232 e. The van der Waals surface area contributed by atoms with Crippen molar-refractivity contribution in [2.75, 3.05) is 6.61 Å². The van der Waals surface area contributed by atoms with Crippen molar-refractivity contribution < 1.29 is 14.3 Å². The first-order valence-electron chi connectivity index (χ1n) is 8.41. The van der Waals surface area contributed by atoms with E-state index in [1.54, 1.807) is 6.92 Å². The van der Waals surface area contributed by atoms with Crippen LogP contribution < -0.4 is 0 Å². The molecule has 1 heterocycles. The lowest BCUT2D eigenvalue weighted by molar-refractivity contribution is -0.133. The highest BCUT2D eigenvalue weighted by Gasteiger charge is 2.46. The van der Waals surface area contributed by atoms with Gasteiger partial charge in [0.1, 0.15) is 5.76 Å². The molecule has 3 atom stereocenters. The summed E-state index contributed by atoms with van der Waals surface area (Å²) in [5.41, 5.74) is 2.32. The first kappa shape index (κ1) is 16.9. The van der Waals surface area contributed by atoms with Gasteiger partial charge in [0.25, 0.3) is 0 Å². The molecule has 0 unspecified atom stereocenters. The molecule has 3 aliphatic rings. The Hall–Kier alpha value is -0.910. The van der Waals surface area contributed by atoms with Crippen LogP contribution in [0.1, 0.15) is 46.5 Å². The Balaban J connectivity index is 1.96. The summed E-state index contributed by atoms with van der Waals surface area (Å²) in [5, 5.41) is 0. The van der Waals surface area contributed by atoms with Crippen molar-refractivity contribution in [3.8, 4) is 0 Å². The molecule has 1 aliphatic heterocycles. The molecule has 23 heavy (non-hydrogen) atoms. The summed E-state index contributed by atoms with van der Waals surface area (Å²) in [6.07, 6.45) is 6.46. The number of carbonyl (C=O) groups is 2. The third kappa shape index (κ3) is 2.94. The lowest BCUT2D eigenvalue weighted by atomic mass is 9.65. The zero-order chi connectivity index (χ0) is 16.7. The average Bonchev–Trinajstić information content (AvgIpc) is 2.51. The van der Waals surface area contributed by atoms with Gasteiger partial charge in [-0.2, -0.15) is 0 Å². The first-order chi connectivity index (χ1) is 10.9. The molecule has 1 fully saturated rings. The molecule has 3 nitrogen and oxygen atoms in total. The molecule has 2 aliphatic carbocycles. The molecule has 0 spiro atoms. The van der Waals surface area contributed by atoms with Crippen molar-refractivity contribution in [3.63, 3.8) is 0 Å². The van der Waals surface area contributed by atoms with E-state index in [9.17, 15) is 9.59 Å². The number of halogens is 1. The maximum atomic E-state index is 12.5. The van der Waals surface area contributed by atoms with Crippen LogP contribution in [-0.2, 0) is 14.3 Å². The Bertz CT molecular complexity index is 650. The lowest BCUT2D eigenvalue weighted by Crippen LogP contribution is -2.40. The van der Waals surface area contributed by atoms with Crippen LogP contribution in [0.5, 0.6) is 0 Å². The van der Waals surface area contributed by atoms with Gasteiger partial charge < -0.3 is 4.74 Å². The molecule has 0 saturated carbocycles. The number of allylic oxidation sites excluding steroid dienone is 5. The average molecular weight is 426 g/mol. The minimum atomic E-state index is -0.367. The van der Waals surface area contributed by atoms with E-state index in [0.717, 1.165) is 42.6 Å². The Kier molecular flexibility index (Phi) is 4.81. The summed E-state index contributed by atoms with van der Waals surface area (Å²) < 4.78 is 7.31. The van der Waals surface area contributed by atoms with Gasteiger partial charge in [-0.15, -0.1) is 0 Å². The lowest BCUT2D eigenvalue weighted by Gasteiger charge is -2.43. The predicted molar refractivity (Wildman–Crippen MR) is 98.1 cm³/mol. The normalized spacial score (nSPS) is 31.3. The van der Waals surface area contributed by atoms with Crippen molar-refractivity contribution >= 4 is 34.2 Å². The highest BCUT2D eigenvalue weighted by Crippen LogP contribution is 2.49. The molecule has 1 saturated heterocycles. The van der Waals surface area contributed by atoms with Crippen molar-refractivity contribution in [2.24, 2.45) is 17.8 Å². The summed E-state index contributed by atoms with van der Waals surface area (Å²) in [4.78, 5) is 24.7. The quantitative estimate of drug-likeness (QED) is 0.379. The molecule has 0 amide bonds. The van der Waals surface area contributed by atoms with Gasteiger partial charge >= 0.3 is 0 Å². The minimum absolute atomic E-state index is 0.166. The van der Waals surface area contributed by atoms with Crippen LogP contribution >= 0.6 is 22.6 Å². The Morgan fingerprint density at radius 2 is 2.00 bits per heavy atom. The summed E-state index contributed by atoms with van der Waals surface area (Å²) in [5.74, 6) is 1.05. The SMILES string of the molecule is CC1=C2OC[C@@H](CC/C=C(\C)I)[C@@H]3CC[C@@H](C)C(=C23)C(=O)C1=O. The maximum Gasteiger partial charge on any atom is 0.232 e. The number of carbonyl (C=O) groups excluding carboxylic acids is 2. The van der Waals surface area contributed by atoms with Gasteiger partial charge in [0.05, 0.1) is 6.61 Å². The second-order valence-electron chi connectivity index (χ2n) is 6.96. The fourth-order valence-corrected chi connectivity index (χ4v) is 4.47. The summed E-state index contributed by atoms with van der Waals surface area (Å²) in [7, 11) is 0. The standard InChI is InChI=1S/C19H23IO3/c1-10-7-8-14-13(6-4-5-11(2)20)9-23-19-12(3)17(21)18(22)15(10)16(14)19/h5,10,13-14H,4,6-9H2,1-3H3/b11-5+/t10-,13-,14+/m1/s1. The van der Waals surface area contributed by atoms with Crippen LogP contribution in [0.4, 0.5) is 0 Å². The van der Waals surface area contributed by atoms with Gasteiger partial charge in [0.2, 0.25) is 11.6 Å². The number of hydrogen-bond donors (Lipinski definition) is 0. The molecular formula is C19H23IO3. The van der Waals surface area contributed by atoms with Crippen molar-refractivity contribution in [1.82, 2.24) is 0 Å². The van der Waals surface area contributed by atoms with E-state index >= 15 is 0 Å². The van der Waals surface area contributed by atoms with Gasteiger partial charge in [0, 0.05) is 22.6 Å². The molecule has 0 radical (unpaired) electrons. The molecule has 0 bridgehead atoms. The number of ether oxygens (including phenoxy) is 1. The van der Waals surface area contributed by atoms with Crippen LogP contribution in [0.25, 0.3) is 0 Å². The molecule has 0 N–H and O–H groups in total. The Morgan fingerprint density at radius 1 is 1.26 bits per heavy atom. The van der Waals surface area contributed by atoms with Gasteiger partial charge in [-0.1, -0.05) is 13.0 Å². The zero-order valence-corrected chi connectivity index (χ0v) is 16.1. The van der Waals surface area contributed by atoms with E-state index < -0.39 is 0 Å². The van der Waals surface area contributed by atoms with Crippen LogP contribution in [0.2, 0.25) is 0 Å². The van der Waals surface area contributed by atoms with Crippen LogP contribution in [-0.4, -0.2) is 18.2 Å². The van der Waals surface area contributed by atoms with Crippen LogP contribution in [0.3, 0.4) is 0 Å². The third-order valence-electron chi connectivity index (χ3n) is 5.41. The number of ketones is 2. The summed E-state index contributed by atoms with van der Waals surface area (Å²) >= 11 is 2.34. The topological polar surface area (TPSA) is 43.4 Å². The monoisotopic (exact) mass is 426 g/mol. The van der Waals surface area contributed by atoms with Gasteiger partial charge in [0.15, 0.2) is 0 Å². The molecule has 0 aromatic heterocycles. The van der Waals surface area contributed by atoms with E-state index in [-0.39, 0.29) is 17.5 Å². The summed E-state index contributed by atoms with van der Waals surface area (Å²) in [6.45, 7) is 6.57. The third-order valence-corrected chi connectivity index (χ3v) is 5.86. The number of Topliss-reactive ketones (excluding diaryl/α,β-unsaturated/α-hetero) is 2. The number of rotatable bonds is 3. The molecule has 0 aromatic carbocycles. The maximum absolute atomic E-state index is 12.5. The fourth-order valence-electron chi connectivity index (χ4n) is 4.16. The Morgan fingerprint density at radius 3 is 2.70 bits per heavy atom. The summed E-state index contributed by atoms with van der Waals surface area (Å²) in [6, 6.07) is 0. The zero-order valence-electron chi connectivity index (χ0n) is 13.9. The molecule has 4 heteroatoms. The number of hydrogen-bond acceptors (Lipinski definition) is 3. The van der Waals surface area contributed by atoms with E-state index in [1.165, 1.54) is 3.58 Å². The largest absolute Gasteiger partial charge is 0.493 e. The van der Waals surface area contributed by atoms with E-state index in [1.807, 2.05) is 0 Å². The van der Waals surface area contributed by atoms with Crippen LogP contribution in [0, 0.1) is 17.8 Å². The van der Waals surface area contributed by atoms with Crippen molar-refractivity contribution in [1.29, 1.82) is 0 Å².